The number of halogens is 1. The first-order valence-corrected chi connectivity index (χ1v) is 10.8. The molecule has 0 unspecified atom stereocenters. The fourth-order valence-electron chi connectivity index (χ4n) is 4.23. The van der Waals surface area contributed by atoms with Crippen LogP contribution in [0.4, 0.5) is 5.82 Å². The molecular formula is C21H27BrN5O+. The van der Waals surface area contributed by atoms with Crippen molar-refractivity contribution in [3.8, 4) is 0 Å². The van der Waals surface area contributed by atoms with E-state index in [9.17, 15) is 5.11 Å². The fraction of sp³-hybridized carbons (Fsp3) is 0.476. The van der Waals surface area contributed by atoms with Crippen LogP contribution in [0.2, 0.25) is 0 Å². The van der Waals surface area contributed by atoms with Gasteiger partial charge in [0.15, 0.2) is 18.0 Å². The molecule has 3 aromatic heterocycles. The highest BCUT2D eigenvalue weighted by atomic mass is 79.9. The van der Waals surface area contributed by atoms with Crippen LogP contribution >= 0.6 is 15.9 Å². The molecule has 4 rings (SSSR count). The van der Waals surface area contributed by atoms with Crippen molar-refractivity contribution in [3.63, 3.8) is 0 Å². The molecule has 1 aliphatic rings. The molecule has 148 valence electrons. The van der Waals surface area contributed by atoms with Crippen LogP contribution < -0.4 is 9.88 Å². The Kier molecular flexibility index (Phi) is 5.92. The number of aryl methyl sites for hydroxylation is 1. The van der Waals surface area contributed by atoms with Gasteiger partial charge in [0.25, 0.3) is 0 Å². The molecule has 1 fully saturated rings. The van der Waals surface area contributed by atoms with Crippen LogP contribution in [0.15, 0.2) is 41.3 Å². The molecule has 0 radical (unpaired) electrons. The monoisotopic (exact) mass is 444 g/mol. The molecule has 0 aromatic carbocycles. The van der Waals surface area contributed by atoms with Gasteiger partial charge in [0.2, 0.25) is 0 Å². The maximum Gasteiger partial charge on any atom is 0.173 e. The zero-order valence-corrected chi connectivity index (χ0v) is 17.8. The van der Waals surface area contributed by atoms with Gasteiger partial charge in [-0.2, -0.15) is 9.61 Å². The van der Waals surface area contributed by atoms with Gasteiger partial charge in [-0.15, -0.1) is 0 Å². The minimum atomic E-state index is 0.277. The van der Waals surface area contributed by atoms with Gasteiger partial charge in [0.05, 0.1) is 10.7 Å². The third kappa shape index (κ3) is 4.20. The van der Waals surface area contributed by atoms with Crippen LogP contribution in [-0.4, -0.2) is 26.3 Å². The summed E-state index contributed by atoms with van der Waals surface area (Å²) in [6, 6.07) is 6.27. The maximum absolute atomic E-state index is 9.75. The summed E-state index contributed by atoms with van der Waals surface area (Å²) in [6.07, 6.45) is 11.6. The average molecular weight is 445 g/mol. The van der Waals surface area contributed by atoms with Crippen LogP contribution in [0.3, 0.4) is 0 Å². The van der Waals surface area contributed by atoms with Crippen molar-refractivity contribution in [2.24, 2.45) is 18.9 Å². The molecule has 28 heavy (non-hydrogen) atoms. The van der Waals surface area contributed by atoms with Crippen molar-refractivity contribution < 1.29 is 9.67 Å². The van der Waals surface area contributed by atoms with Crippen LogP contribution in [-0.2, 0) is 20.0 Å². The number of nitrogens with zero attached hydrogens (tertiary/aromatic N) is 4. The molecule has 2 atom stereocenters. The molecule has 0 spiro atoms. The van der Waals surface area contributed by atoms with Gasteiger partial charge in [-0.3, -0.25) is 0 Å². The molecule has 0 aliphatic heterocycles. The standard InChI is InChI=1S/C21H27BrN5O/c1-26-8-4-5-15(13-26)11-23-20-10-18(25-21-19(22)12-24-27(20)21)9-16-6-2-3-7-17(16)14-28/h4-5,8,10,12-13,16-17,23,28H,2-3,6-7,9,11,14H2,1H3/q+1/t16-,17+/m0/s1. The number of nitrogens with one attached hydrogen (secondary N) is 1. The minimum absolute atomic E-state index is 0.277. The number of aromatic nitrogens is 4. The lowest BCUT2D eigenvalue weighted by molar-refractivity contribution is -0.671. The van der Waals surface area contributed by atoms with E-state index in [1.165, 1.54) is 24.8 Å². The summed E-state index contributed by atoms with van der Waals surface area (Å²) in [7, 11) is 2.03. The third-order valence-corrected chi connectivity index (χ3v) is 6.29. The molecule has 3 aromatic rings. The van der Waals surface area contributed by atoms with Gasteiger partial charge < -0.3 is 10.4 Å². The lowest BCUT2D eigenvalue weighted by Crippen LogP contribution is -2.27. The second-order valence-corrected chi connectivity index (χ2v) is 8.64. The number of aliphatic hydroxyl groups excluding tert-OH is 1. The number of aliphatic hydroxyl groups is 1. The number of hydrogen-bond acceptors (Lipinski definition) is 4. The Balaban J connectivity index is 1.60. The number of pyridine rings is 1. The van der Waals surface area contributed by atoms with E-state index >= 15 is 0 Å². The van der Waals surface area contributed by atoms with Gasteiger partial charge in [-0.25, -0.2) is 9.55 Å². The molecule has 0 saturated heterocycles. The highest BCUT2D eigenvalue weighted by Crippen LogP contribution is 2.33. The van der Waals surface area contributed by atoms with E-state index in [2.05, 4.69) is 44.7 Å². The highest BCUT2D eigenvalue weighted by Gasteiger charge is 2.25. The molecule has 1 aliphatic carbocycles. The Morgan fingerprint density at radius 1 is 1.32 bits per heavy atom. The van der Waals surface area contributed by atoms with Crippen molar-refractivity contribution in [2.75, 3.05) is 11.9 Å². The number of rotatable bonds is 6. The molecule has 1 saturated carbocycles. The molecule has 3 heterocycles. The summed E-state index contributed by atoms with van der Waals surface area (Å²) in [5.41, 5.74) is 3.09. The second kappa shape index (κ2) is 8.57. The zero-order chi connectivity index (χ0) is 19.5. The van der Waals surface area contributed by atoms with Crippen LogP contribution in [0.1, 0.15) is 36.9 Å². The van der Waals surface area contributed by atoms with Gasteiger partial charge in [-0.05, 0) is 53.1 Å². The largest absolute Gasteiger partial charge is 0.396 e. The second-order valence-electron chi connectivity index (χ2n) is 7.78. The minimum Gasteiger partial charge on any atom is -0.396 e. The highest BCUT2D eigenvalue weighted by molar-refractivity contribution is 9.10. The van der Waals surface area contributed by atoms with Gasteiger partial charge in [0, 0.05) is 36.5 Å². The Morgan fingerprint density at radius 2 is 2.14 bits per heavy atom. The Hall–Kier alpha value is -1.99. The normalized spacial score (nSPS) is 19.8. The lowest BCUT2D eigenvalue weighted by atomic mass is 9.77. The van der Waals surface area contributed by atoms with Crippen molar-refractivity contribution in [2.45, 2.75) is 38.6 Å². The lowest BCUT2D eigenvalue weighted by Gasteiger charge is -2.30. The topological polar surface area (TPSA) is 66.3 Å². The Labute approximate surface area is 173 Å². The van der Waals surface area contributed by atoms with E-state index in [1.807, 2.05) is 28.4 Å². The van der Waals surface area contributed by atoms with Crippen LogP contribution in [0.5, 0.6) is 0 Å². The third-order valence-electron chi connectivity index (χ3n) is 5.73. The predicted molar refractivity (Wildman–Crippen MR) is 112 cm³/mol. The van der Waals surface area contributed by atoms with E-state index in [0.717, 1.165) is 34.5 Å². The smallest absolute Gasteiger partial charge is 0.173 e. The van der Waals surface area contributed by atoms with Gasteiger partial charge in [-0.1, -0.05) is 12.8 Å². The number of fused-ring (bicyclic) bond motifs is 1. The first-order valence-electron chi connectivity index (χ1n) is 9.96. The van der Waals surface area contributed by atoms with Crippen molar-refractivity contribution >= 4 is 27.4 Å². The average Bonchev–Trinajstić information content (AvgIpc) is 3.08. The molecule has 0 amide bonds. The number of hydrogen-bond donors (Lipinski definition) is 2. The van der Waals surface area contributed by atoms with E-state index in [1.54, 1.807) is 6.20 Å². The zero-order valence-electron chi connectivity index (χ0n) is 16.2. The van der Waals surface area contributed by atoms with Gasteiger partial charge in [0.1, 0.15) is 12.9 Å². The predicted octanol–water partition coefficient (Wildman–Crippen LogP) is 3.27. The fourth-order valence-corrected chi connectivity index (χ4v) is 4.57. The first-order chi connectivity index (χ1) is 13.6. The Bertz CT molecular complexity index is 957. The molecule has 6 nitrogen and oxygen atoms in total. The maximum atomic E-state index is 9.75. The summed E-state index contributed by atoms with van der Waals surface area (Å²) in [6.45, 7) is 0.993. The molecule has 7 heteroatoms. The summed E-state index contributed by atoms with van der Waals surface area (Å²) in [5.74, 6) is 1.82. The SMILES string of the molecule is C[n+]1cccc(CNc2cc(C[C@@H]3CCCC[C@@H]3CO)nc3c(Br)cnn23)c1. The Morgan fingerprint density at radius 3 is 2.93 bits per heavy atom. The van der Waals surface area contributed by atoms with E-state index in [-0.39, 0.29) is 6.61 Å². The van der Waals surface area contributed by atoms with Crippen molar-refractivity contribution in [3.05, 3.63) is 52.5 Å². The van der Waals surface area contributed by atoms with Crippen LogP contribution in [0.25, 0.3) is 5.65 Å². The molecular weight excluding hydrogens is 418 g/mol. The molecule has 2 N–H and O–H groups in total. The summed E-state index contributed by atoms with van der Waals surface area (Å²) in [4.78, 5) is 4.86. The first kappa shape index (κ1) is 19.3. The summed E-state index contributed by atoms with van der Waals surface area (Å²) < 4.78 is 4.79. The van der Waals surface area contributed by atoms with E-state index in [4.69, 9.17) is 4.98 Å². The molecule has 0 bridgehead atoms. The quantitative estimate of drug-likeness (QED) is 0.572. The van der Waals surface area contributed by atoms with Crippen LogP contribution in [0, 0.1) is 11.8 Å². The van der Waals surface area contributed by atoms with Gasteiger partial charge >= 0.3 is 0 Å². The summed E-state index contributed by atoms with van der Waals surface area (Å²) >= 11 is 3.57. The van der Waals surface area contributed by atoms with Crippen molar-refractivity contribution in [1.82, 2.24) is 14.6 Å². The van der Waals surface area contributed by atoms with E-state index in [0.29, 0.717) is 18.4 Å². The summed E-state index contributed by atoms with van der Waals surface area (Å²) in [5, 5.41) is 17.7. The van der Waals surface area contributed by atoms with Crippen molar-refractivity contribution in [1.29, 1.82) is 0 Å². The van der Waals surface area contributed by atoms with E-state index < -0.39 is 0 Å². The number of anilines is 1.